The van der Waals surface area contributed by atoms with Crippen LogP contribution in [0.1, 0.15) is 25.3 Å². The minimum atomic E-state index is -3.55. The van der Waals surface area contributed by atoms with Crippen molar-refractivity contribution in [2.45, 2.75) is 31.3 Å². The van der Waals surface area contributed by atoms with E-state index < -0.39 is 10.0 Å². The molecule has 1 aliphatic carbocycles. The van der Waals surface area contributed by atoms with Crippen LogP contribution < -0.4 is 5.32 Å². The van der Waals surface area contributed by atoms with Crippen molar-refractivity contribution in [3.63, 3.8) is 0 Å². The molecule has 1 aliphatic rings. The molecule has 1 fully saturated rings. The van der Waals surface area contributed by atoms with Gasteiger partial charge in [0.25, 0.3) is 10.0 Å². The molecule has 21 heavy (non-hydrogen) atoms. The smallest absolute Gasteiger partial charge is 0.260 e. The number of rotatable bonds is 10. The summed E-state index contributed by atoms with van der Waals surface area (Å²) in [5.41, 5.74) is 0.655. The van der Waals surface area contributed by atoms with Crippen LogP contribution in [-0.4, -0.2) is 56.3 Å². The molecule has 7 nitrogen and oxygen atoms in total. The molecule has 0 spiro atoms. The first-order valence-corrected chi connectivity index (χ1v) is 8.76. The van der Waals surface area contributed by atoms with Gasteiger partial charge in [-0.2, -0.15) is 9.40 Å². The summed E-state index contributed by atoms with van der Waals surface area (Å²) in [6.07, 6.45) is 4.01. The Morgan fingerprint density at radius 1 is 1.52 bits per heavy atom. The Balaban J connectivity index is 1.90. The number of sulfonamides is 1. The van der Waals surface area contributed by atoms with E-state index in [4.69, 9.17) is 4.74 Å². The van der Waals surface area contributed by atoms with Gasteiger partial charge in [-0.25, -0.2) is 8.42 Å². The number of H-pyrrole nitrogens is 1. The molecule has 2 rings (SSSR count). The third-order valence-electron chi connectivity index (χ3n) is 3.51. The Hall–Kier alpha value is -0.960. The van der Waals surface area contributed by atoms with Crippen molar-refractivity contribution in [3.8, 4) is 0 Å². The van der Waals surface area contributed by atoms with E-state index in [9.17, 15) is 8.42 Å². The summed E-state index contributed by atoms with van der Waals surface area (Å²) < 4.78 is 31.8. The van der Waals surface area contributed by atoms with E-state index in [0.29, 0.717) is 31.2 Å². The van der Waals surface area contributed by atoms with Crippen LogP contribution in [0.25, 0.3) is 0 Å². The first kappa shape index (κ1) is 16.4. The van der Waals surface area contributed by atoms with Gasteiger partial charge in [-0.05, 0) is 25.3 Å². The molecule has 1 saturated carbocycles. The standard InChI is InChI=1S/C13H24N4O3S/c1-3-14-8-12-9-15-16-13(12)21(18,19)17(2)6-7-20-10-11-4-5-11/h9,11,14H,3-8,10H2,1-2H3,(H,15,16). The van der Waals surface area contributed by atoms with Crippen molar-refractivity contribution in [1.82, 2.24) is 19.8 Å². The maximum Gasteiger partial charge on any atom is 0.260 e. The van der Waals surface area contributed by atoms with Crippen LogP contribution in [-0.2, 0) is 21.3 Å². The van der Waals surface area contributed by atoms with Crippen molar-refractivity contribution in [2.75, 3.05) is 33.4 Å². The maximum absolute atomic E-state index is 12.5. The van der Waals surface area contributed by atoms with Crippen molar-refractivity contribution < 1.29 is 13.2 Å². The van der Waals surface area contributed by atoms with E-state index in [1.807, 2.05) is 6.92 Å². The molecule has 0 aromatic carbocycles. The van der Waals surface area contributed by atoms with Gasteiger partial charge in [0.15, 0.2) is 5.03 Å². The minimum Gasteiger partial charge on any atom is -0.380 e. The van der Waals surface area contributed by atoms with Gasteiger partial charge in [0.1, 0.15) is 0 Å². The Kier molecular flexibility index (Phi) is 5.74. The molecule has 0 saturated heterocycles. The van der Waals surface area contributed by atoms with Crippen LogP contribution in [0.15, 0.2) is 11.2 Å². The monoisotopic (exact) mass is 316 g/mol. The molecule has 1 aromatic heterocycles. The lowest BCUT2D eigenvalue weighted by Gasteiger charge is -2.17. The normalized spacial score (nSPS) is 15.8. The highest BCUT2D eigenvalue weighted by molar-refractivity contribution is 7.89. The van der Waals surface area contributed by atoms with Crippen molar-refractivity contribution in [3.05, 3.63) is 11.8 Å². The molecule has 0 unspecified atom stereocenters. The lowest BCUT2D eigenvalue weighted by atomic mass is 10.3. The van der Waals surface area contributed by atoms with E-state index in [2.05, 4.69) is 15.5 Å². The van der Waals surface area contributed by atoms with E-state index in [1.165, 1.54) is 17.1 Å². The molecule has 0 amide bonds. The summed E-state index contributed by atoms with van der Waals surface area (Å²) in [6.45, 7) is 4.72. The first-order chi connectivity index (χ1) is 10.1. The number of likely N-dealkylation sites (N-methyl/N-ethyl adjacent to an activating group) is 1. The van der Waals surface area contributed by atoms with Crippen LogP contribution in [0.4, 0.5) is 0 Å². The molecule has 1 aromatic rings. The molecule has 0 aliphatic heterocycles. The topological polar surface area (TPSA) is 87.3 Å². The molecule has 0 bridgehead atoms. The molecule has 0 radical (unpaired) electrons. The fourth-order valence-corrected chi connectivity index (χ4v) is 3.16. The van der Waals surface area contributed by atoms with Gasteiger partial charge in [-0.1, -0.05) is 6.92 Å². The third kappa shape index (κ3) is 4.50. The second-order valence-electron chi connectivity index (χ2n) is 5.35. The molecule has 1 heterocycles. The Morgan fingerprint density at radius 3 is 2.95 bits per heavy atom. The predicted molar refractivity (Wildman–Crippen MR) is 79.3 cm³/mol. The highest BCUT2D eigenvalue weighted by Gasteiger charge is 2.26. The van der Waals surface area contributed by atoms with Crippen molar-refractivity contribution in [2.24, 2.45) is 5.92 Å². The van der Waals surface area contributed by atoms with Gasteiger partial charge in [0, 0.05) is 32.3 Å². The average Bonchev–Trinajstić information content (AvgIpc) is 3.16. The zero-order chi connectivity index (χ0) is 15.3. The average molecular weight is 316 g/mol. The lowest BCUT2D eigenvalue weighted by Crippen LogP contribution is -2.31. The van der Waals surface area contributed by atoms with Gasteiger partial charge in [-0.15, -0.1) is 0 Å². The van der Waals surface area contributed by atoms with Crippen molar-refractivity contribution in [1.29, 1.82) is 0 Å². The molecule has 120 valence electrons. The van der Waals surface area contributed by atoms with Gasteiger partial charge in [0.05, 0.1) is 12.8 Å². The van der Waals surface area contributed by atoms with Crippen LogP contribution in [0.2, 0.25) is 0 Å². The Bertz CT molecular complexity index is 539. The fourth-order valence-electron chi connectivity index (χ4n) is 1.91. The molecular weight excluding hydrogens is 292 g/mol. The number of nitrogens with zero attached hydrogens (tertiary/aromatic N) is 2. The second-order valence-corrected chi connectivity index (χ2v) is 7.33. The summed E-state index contributed by atoms with van der Waals surface area (Å²) in [5.74, 6) is 0.686. The number of hydrogen-bond donors (Lipinski definition) is 2. The second kappa shape index (κ2) is 7.35. The Morgan fingerprint density at radius 2 is 2.29 bits per heavy atom. The zero-order valence-electron chi connectivity index (χ0n) is 12.6. The van der Waals surface area contributed by atoms with Gasteiger partial charge in [-0.3, -0.25) is 5.10 Å². The van der Waals surface area contributed by atoms with E-state index in [0.717, 1.165) is 13.2 Å². The predicted octanol–water partition coefficient (Wildman–Crippen LogP) is 0.566. The summed E-state index contributed by atoms with van der Waals surface area (Å²) in [6, 6.07) is 0. The van der Waals surface area contributed by atoms with Crippen LogP contribution in [0.5, 0.6) is 0 Å². The summed E-state index contributed by atoms with van der Waals surface area (Å²) in [5, 5.41) is 9.71. The largest absolute Gasteiger partial charge is 0.380 e. The summed E-state index contributed by atoms with van der Waals surface area (Å²) in [7, 11) is -1.98. The molecular formula is C13H24N4O3S. The van der Waals surface area contributed by atoms with Crippen LogP contribution >= 0.6 is 0 Å². The molecule has 0 atom stereocenters. The first-order valence-electron chi connectivity index (χ1n) is 7.32. The van der Waals surface area contributed by atoms with Crippen LogP contribution in [0.3, 0.4) is 0 Å². The zero-order valence-corrected chi connectivity index (χ0v) is 13.4. The van der Waals surface area contributed by atoms with E-state index in [1.54, 1.807) is 13.2 Å². The quantitative estimate of drug-likeness (QED) is 0.616. The van der Waals surface area contributed by atoms with Crippen molar-refractivity contribution >= 4 is 10.0 Å². The SMILES string of the molecule is CCNCc1cn[nH]c1S(=O)(=O)N(C)CCOCC1CC1. The molecule has 8 heteroatoms. The van der Waals surface area contributed by atoms with Gasteiger partial charge < -0.3 is 10.1 Å². The summed E-state index contributed by atoms with van der Waals surface area (Å²) >= 11 is 0. The van der Waals surface area contributed by atoms with Gasteiger partial charge in [0.2, 0.25) is 0 Å². The van der Waals surface area contributed by atoms with E-state index >= 15 is 0 Å². The number of hydrogen-bond acceptors (Lipinski definition) is 5. The Labute approximate surface area is 126 Å². The maximum atomic E-state index is 12.5. The van der Waals surface area contributed by atoms with Crippen LogP contribution in [0, 0.1) is 5.92 Å². The van der Waals surface area contributed by atoms with Gasteiger partial charge >= 0.3 is 0 Å². The third-order valence-corrected chi connectivity index (χ3v) is 5.39. The highest BCUT2D eigenvalue weighted by atomic mass is 32.2. The highest BCUT2D eigenvalue weighted by Crippen LogP contribution is 2.28. The number of nitrogens with one attached hydrogen (secondary N) is 2. The number of aromatic nitrogens is 2. The lowest BCUT2D eigenvalue weighted by molar-refractivity contribution is 0.117. The summed E-state index contributed by atoms with van der Waals surface area (Å²) in [4.78, 5) is 0. The number of aromatic amines is 1. The molecule has 2 N–H and O–H groups in total. The fraction of sp³-hybridized carbons (Fsp3) is 0.769. The number of ether oxygens (including phenoxy) is 1. The van der Waals surface area contributed by atoms with E-state index in [-0.39, 0.29) is 5.03 Å². The minimum absolute atomic E-state index is 0.160.